The lowest BCUT2D eigenvalue weighted by atomic mass is 10.1. The van der Waals surface area contributed by atoms with Crippen molar-refractivity contribution in [2.45, 2.75) is 19.8 Å². The van der Waals surface area contributed by atoms with Gasteiger partial charge in [-0.15, -0.1) is 0 Å². The number of nitrogens with one attached hydrogen (secondary N) is 2. The number of imide groups is 1. The summed E-state index contributed by atoms with van der Waals surface area (Å²) in [4.78, 5) is 59.7. The van der Waals surface area contributed by atoms with E-state index in [9.17, 15) is 29.3 Å². The number of rotatable bonds is 9. The normalized spacial score (nSPS) is 12.5. The standard InChI is InChI=1S/C22H22N4O6/c1-14-2-4-15(5-3-14)6-9-19(27)23-10-11-24-20(28)13-25-21(29)17-8-7-16(26(31)32)12-18(17)22(25)30/h2-5,7-8,12H,6,9-11,13H2,1H3,(H,23,27)(H,24,28). The molecule has 1 aliphatic rings. The molecule has 0 saturated heterocycles. The Hall–Kier alpha value is -4.08. The van der Waals surface area contributed by atoms with E-state index in [2.05, 4.69) is 10.6 Å². The molecule has 0 aliphatic carbocycles. The summed E-state index contributed by atoms with van der Waals surface area (Å²) in [5, 5.41) is 16.1. The minimum absolute atomic E-state index is 0.0224. The van der Waals surface area contributed by atoms with E-state index in [1.165, 1.54) is 6.07 Å². The van der Waals surface area contributed by atoms with Gasteiger partial charge in [-0.2, -0.15) is 0 Å². The third-order valence-electron chi connectivity index (χ3n) is 5.00. The zero-order valence-electron chi connectivity index (χ0n) is 17.4. The molecule has 2 N–H and O–H groups in total. The van der Waals surface area contributed by atoms with Crippen LogP contribution in [0.3, 0.4) is 0 Å². The summed E-state index contributed by atoms with van der Waals surface area (Å²) < 4.78 is 0. The summed E-state index contributed by atoms with van der Waals surface area (Å²) in [6.07, 6.45) is 0.925. The Morgan fingerprint density at radius 2 is 1.56 bits per heavy atom. The van der Waals surface area contributed by atoms with E-state index < -0.39 is 29.2 Å². The quantitative estimate of drug-likeness (QED) is 0.262. The van der Waals surface area contributed by atoms with Crippen LogP contribution in [0.1, 0.15) is 38.3 Å². The van der Waals surface area contributed by atoms with Gasteiger partial charge in [0, 0.05) is 31.6 Å². The first-order valence-corrected chi connectivity index (χ1v) is 10.00. The van der Waals surface area contributed by atoms with Crippen LogP contribution in [0.2, 0.25) is 0 Å². The molecule has 0 bridgehead atoms. The van der Waals surface area contributed by atoms with E-state index >= 15 is 0 Å². The summed E-state index contributed by atoms with van der Waals surface area (Å²) in [6, 6.07) is 11.3. The van der Waals surface area contributed by atoms with Crippen molar-refractivity contribution in [3.8, 4) is 0 Å². The smallest absolute Gasteiger partial charge is 0.270 e. The van der Waals surface area contributed by atoms with E-state index in [1.807, 2.05) is 31.2 Å². The van der Waals surface area contributed by atoms with Gasteiger partial charge in [0.05, 0.1) is 16.1 Å². The summed E-state index contributed by atoms with van der Waals surface area (Å²) in [5.74, 6) is -2.17. The molecule has 4 amide bonds. The molecule has 0 spiro atoms. The Bertz CT molecular complexity index is 1080. The third-order valence-corrected chi connectivity index (χ3v) is 5.00. The Kier molecular flexibility index (Phi) is 6.93. The number of nitro groups is 1. The predicted molar refractivity (Wildman–Crippen MR) is 114 cm³/mol. The van der Waals surface area contributed by atoms with Crippen LogP contribution in [0.15, 0.2) is 42.5 Å². The molecule has 2 aromatic rings. The summed E-state index contributed by atoms with van der Waals surface area (Å²) in [7, 11) is 0. The first-order chi connectivity index (χ1) is 15.3. The first kappa shape index (κ1) is 22.6. The average molecular weight is 438 g/mol. The van der Waals surface area contributed by atoms with Gasteiger partial charge in [-0.3, -0.25) is 34.2 Å². The molecule has 0 fully saturated rings. The number of carbonyl (C=O) groups is 4. The van der Waals surface area contributed by atoms with Crippen LogP contribution in [0, 0.1) is 17.0 Å². The van der Waals surface area contributed by atoms with E-state index in [1.54, 1.807) is 0 Å². The van der Waals surface area contributed by atoms with Crippen LogP contribution in [0.25, 0.3) is 0 Å². The van der Waals surface area contributed by atoms with Gasteiger partial charge in [0.2, 0.25) is 11.8 Å². The minimum Gasteiger partial charge on any atom is -0.354 e. The number of fused-ring (bicyclic) bond motifs is 1. The number of benzene rings is 2. The fourth-order valence-electron chi connectivity index (χ4n) is 3.24. The monoisotopic (exact) mass is 438 g/mol. The van der Waals surface area contributed by atoms with Crippen molar-refractivity contribution < 1.29 is 24.1 Å². The van der Waals surface area contributed by atoms with Crippen LogP contribution in [-0.2, 0) is 16.0 Å². The van der Waals surface area contributed by atoms with E-state index in [0.717, 1.165) is 28.2 Å². The maximum Gasteiger partial charge on any atom is 0.270 e. The maximum atomic E-state index is 12.4. The van der Waals surface area contributed by atoms with Crippen LogP contribution >= 0.6 is 0 Å². The summed E-state index contributed by atoms with van der Waals surface area (Å²) in [6.45, 7) is 1.81. The Morgan fingerprint density at radius 3 is 2.22 bits per heavy atom. The summed E-state index contributed by atoms with van der Waals surface area (Å²) in [5.41, 5.74) is 1.82. The molecule has 3 rings (SSSR count). The van der Waals surface area contributed by atoms with Crippen LogP contribution in [-0.4, -0.2) is 53.1 Å². The van der Waals surface area contributed by atoms with Crippen molar-refractivity contribution in [1.29, 1.82) is 0 Å². The molecule has 0 atom stereocenters. The van der Waals surface area contributed by atoms with Crippen LogP contribution in [0.4, 0.5) is 5.69 Å². The highest BCUT2D eigenvalue weighted by Gasteiger charge is 2.37. The number of hydrogen-bond donors (Lipinski definition) is 2. The SMILES string of the molecule is Cc1ccc(CCC(=O)NCCNC(=O)CN2C(=O)c3ccc([N+](=O)[O-])cc3C2=O)cc1. The largest absolute Gasteiger partial charge is 0.354 e. The molecule has 1 aliphatic heterocycles. The van der Waals surface area contributed by atoms with E-state index in [-0.39, 0.29) is 35.8 Å². The van der Waals surface area contributed by atoms with Gasteiger partial charge in [-0.1, -0.05) is 29.8 Å². The Balaban J connectivity index is 1.40. The minimum atomic E-state index is -0.756. The van der Waals surface area contributed by atoms with Crippen molar-refractivity contribution in [3.63, 3.8) is 0 Å². The zero-order chi connectivity index (χ0) is 23.3. The van der Waals surface area contributed by atoms with Crippen LogP contribution < -0.4 is 10.6 Å². The highest BCUT2D eigenvalue weighted by molar-refractivity contribution is 6.22. The molecular formula is C22H22N4O6. The van der Waals surface area contributed by atoms with Gasteiger partial charge in [-0.05, 0) is 25.0 Å². The predicted octanol–water partition coefficient (Wildman–Crippen LogP) is 1.36. The number of hydrogen-bond acceptors (Lipinski definition) is 6. The lowest BCUT2D eigenvalue weighted by Crippen LogP contribution is -2.42. The Labute approximate surface area is 183 Å². The van der Waals surface area contributed by atoms with Gasteiger partial charge >= 0.3 is 0 Å². The first-order valence-electron chi connectivity index (χ1n) is 10.00. The molecule has 10 nitrogen and oxygen atoms in total. The number of carbonyl (C=O) groups excluding carboxylic acids is 4. The third kappa shape index (κ3) is 5.34. The topological polar surface area (TPSA) is 139 Å². The van der Waals surface area contributed by atoms with Gasteiger partial charge in [0.15, 0.2) is 0 Å². The average Bonchev–Trinajstić information content (AvgIpc) is 3.00. The van der Waals surface area contributed by atoms with Crippen molar-refractivity contribution >= 4 is 29.3 Å². The molecule has 32 heavy (non-hydrogen) atoms. The second kappa shape index (κ2) is 9.82. The molecule has 2 aromatic carbocycles. The molecule has 0 radical (unpaired) electrons. The number of non-ortho nitro benzene ring substituents is 1. The van der Waals surface area contributed by atoms with Gasteiger partial charge < -0.3 is 10.6 Å². The second-order valence-electron chi connectivity index (χ2n) is 7.37. The van der Waals surface area contributed by atoms with Crippen LogP contribution in [0.5, 0.6) is 0 Å². The fraction of sp³-hybridized carbons (Fsp3) is 0.273. The molecular weight excluding hydrogens is 416 g/mol. The zero-order valence-corrected chi connectivity index (χ0v) is 17.4. The van der Waals surface area contributed by atoms with Crippen molar-refractivity contribution in [2.75, 3.05) is 19.6 Å². The highest BCUT2D eigenvalue weighted by Crippen LogP contribution is 2.26. The van der Waals surface area contributed by atoms with Crippen molar-refractivity contribution in [3.05, 3.63) is 74.8 Å². The number of nitrogens with zero attached hydrogens (tertiary/aromatic N) is 2. The maximum absolute atomic E-state index is 12.4. The molecule has 0 saturated carbocycles. The molecule has 166 valence electrons. The van der Waals surface area contributed by atoms with Gasteiger partial charge in [0.1, 0.15) is 6.54 Å². The lowest BCUT2D eigenvalue weighted by molar-refractivity contribution is -0.384. The van der Waals surface area contributed by atoms with Gasteiger partial charge in [0.25, 0.3) is 17.5 Å². The summed E-state index contributed by atoms with van der Waals surface area (Å²) >= 11 is 0. The molecule has 0 aromatic heterocycles. The van der Waals surface area contributed by atoms with Crippen molar-refractivity contribution in [2.24, 2.45) is 0 Å². The number of aryl methyl sites for hydroxylation is 2. The number of amides is 4. The fourth-order valence-corrected chi connectivity index (χ4v) is 3.24. The Morgan fingerprint density at radius 1 is 0.938 bits per heavy atom. The van der Waals surface area contributed by atoms with E-state index in [0.29, 0.717) is 12.8 Å². The van der Waals surface area contributed by atoms with Crippen molar-refractivity contribution in [1.82, 2.24) is 15.5 Å². The number of nitro benzene ring substituents is 1. The molecule has 0 unspecified atom stereocenters. The highest BCUT2D eigenvalue weighted by atomic mass is 16.6. The molecule has 1 heterocycles. The lowest BCUT2D eigenvalue weighted by Gasteiger charge is -2.13. The van der Waals surface area contributed by atoms with Gasteiger partial charge in [-0.25, -0.2) is 0 Å². The van der Waals surface area contributed by atoms with E-state index in [4.69, 9.17) is 0 Å². The second-order valence-corrected chi connectivity index (χ2v) is 7.37. The molecule has 10 heteroatoms.